The lowest BCUT2D eigenvalue weighted by Gasteiger charge is -2.26. The molecule has 0 aromatic heterocycles. The van der Waals surface area contributed by atoms with Crippen molar-refractivity contribution < 1.29 is 18.0 Å². The highest BCUT2D eigenvalue weighted by molar-refractivity contribution is 7.89. The molecule has 0 fully saturated rings. The first-order valence-corrected chi connectivity index (χ1v) is 10.0. The number of primary sulfonamides is 1. The molecular weight excluding hydrogens is 366 g/mol. The molecule has 0 saturated heterocycles. The number of carbonyl (C=O) groups excluding carboxylic acids is 2. The predicted octanol–water partition coefficient (Wildman–Crippen LogP) is 2.05. The molecule has 7 nitrogen and oxygen atoms in total. The maximum Gasteiger partial charge on any atom is 0.254 e. The van der Waals surface area contributed by atoms with Crippen molar-refractivity contribution in [2.75, 3.05) is 12.4 Å². The Kier molecular flexibility index (Phi) is 5.03. The summed E-state index contributed by atoms with van der Waals surface area (Å²) in [5.41, 5.74) is 3.03. The third-order valence-electron chi connectivity index (χ3n) is 4.84. The van der Waals surface area contributed by atoms with Gasteiger partial charge < -0.3 is 10.2 Å². The number of sulfonamides is 1. The first-order chi connectivity index (χ1) is 12.7. The van der Waals surface area contributed by atoms with Crippen LogP contribution in [0, 0.1) is 0 Å². The number of nitrogens with zero attached hydrogens (tertiary/aromatic N) is 1. The number of fused-ring (bicyclic) bond motifs is 1. The van der Waals surface area contributed by atoms with E-state index in [9.17, 15) is 18.0 Å². The molecule has 1 heterocycles. The van der Waals surface area contributed by atoms with Gasteiger partial charge in [-0.25, -0.2) is 13.6 Å². The molecule has 27 heavy (non-hydrogen) atoms. The smallest absolute Gasteiger partial charge is 0.254 e. The summed E-state index contributed by atoms with van der Waals surface area (Å²) >= 11 is 0. The monoisotopic (exact) mass is 387 g/mol. The molecule has 1 atom stereocenters. The summed E-state index contributed by atoms with van der Waals surface area (Å²) < 4.78 is 22.7. The zero-order chi connectivity index (χ0) is 19.8. The third-order valence-corrected chi connectivity index (χ3v) is 5.77. The topological polar surface area (TPSA) is 110 Å². The van der Waals surface area contributed by atoms with E-state index in [1.165, 1.54) is 12.1 Å². The van der Waals surface area contributed by atoms with Gasteiger partial charge in [0.15, 0.2) is 0 Å². The Morgan fingerprint density at radius 2 is 1.81 bits per heavy atom. The van der Waals surface area contributed by atoms with E-state index in [1.54, 1.807) is 36.2 Å². The zero-order valence-corrected chi connectivity index (χ0v) is 15.9. The minimum Gasteiger partial charge on any atom is -0.335 e. The van der Waals surface area contributed by atoms with Crippen LogP contribution in [0.1, 0.15) is 40.9 Å². The van der Waals surface area contributed by atoms with E-state index in [4.69, 9.17) is 5.14 Å². The van der Waals surface area contributed by atoms with Crippen molar-refractivity contribution >= 4 is 27.5 Å². The van der Waals surface area contributed by atoms with E-state index in [2.05, 4.69) is 5.32 Å². The molecular formula is C19H21N3O4S. The lowest BCUT2D eigenvalue weighted by molar-refractivity contribution is -0.116. The lowest BCUT2D eigenvalue weighted by atomic mass is 9.99. The van der Waals surface area contributed by atoms with Crippen LogP contribution in [0.5, 0.6) is 0 Å². The molecule has 0 spiro atoms. The van der Waals surface area contributed by atoms with E-state index >= 15 is 0 Å². The molecule has 1 unspecified atom stereocenters. The Labute approximate surface area is 158 Å². The molecule has 3 N–H and O–H groups in total. The number of hydrogen-bond donors (Lipinski definition) is 2. The fourth-order valence-corrected chi connectivity index (χ4v) is 3.57. The van der Waals surface area contributed by atoms with E-state index < -0.39 is 10.0 Å². The van der Waals surface area contributed by atoms with Gasteiger partial charge in [-0.15, -0.1) is 0 Å². The number of anilines is 1. The molecule has 1 aliphatic rings. The molecule has 142 valence electrons. The molecule has 0 aliphatic carbocycles. The fourth-order valence-electron chi connectivity index (χ4n) is 3.06. The van der Waals surface area contributed by atoms with Crippen molar-refractivity contribution in [2.24, 2.45) is 5.14 Å². The number of nitrogens with two attached hydrogens (primary N) is 1. The highest BCUT2D eigenvalue weighted by Crippen LogP contribution is 2.26. The summed E-state index contributed by atoms with van der Waals surface area (Å²) in [6, 6.07) is 11.2. The van der Waals surface area contributed by atoms with Gasteiger partial charge in [-0.2, -0.15) is 0 Å². The SMILES string of the molecule is CC(c1ccc(S(N)(=O)=O)cc1)N(C)C(=O)c1ccc2c(c1)CCC(=O)N2. The summed E-state index contributed by atoms with van der Waals surface area (Å²) in [4.78, 5) is 25.9. The van der Waals surface area contributed by atoms with Crippen molar-refractivity contribution in [2.45, 2.75) is 30.7 Å². The van der Waals surface area contributed by atoms with Crippen LogP contribution in [-0.2, 0) is 21.2 Å². The molecule has 1 aliphatic heterocycles. The second-order valence-corrected chi connectivity index (χ2v) is 8.19. The maximum absolute atomic E-state index is 12.9. The average Bonchev–Trinajstić information content (AvgIpc) is 2.65. The molecule has 2 amide bonds. The molecule has 0 radical (unpaired) electrons. The van der Waals surface area contributed by atoms with Crippen LogP contribution in [-0.4, -0.2) is 32.2 Å². The summed E-state index contributed by atoms with van der Waals surface area (Å²) in [6.07, 6.45) is 1.02. The summed E-state index contributed by atoms with van der Waals surface area (Å²) in [5.74, 6) is -0.173. The Bertz CT molecular complexity index is 1000. The molecule has 2 aromatic carbocycles. The number of benzene rings is 2. The van der Waals surface area contributed by atoms with Gasteiger partial charge >= 0.3 is 0 Å². The molecule has 8 heteroatoms. The lowest BCUT2D eigenvalue weighted by Crippen LogP contribution is -2.30. The highest BCUT2D eigenvalue weighted by atomic mass is 32.2. The van der Waals surface area contributed by atoms with Crippen molar-refractivity contribution in [1.82, 2.24) is 4.90 Å². The second-order valence-electron chi connectivity index (χ2n) is 6.63. The van der Waals surface area contributed by atoms with E-state index in [1.807, 2.05) is 13.0 Å². The Hall–Kier alpha value is -2.71. The molecule has 0 saturated carbocycles. The number of amides is 2. The first kappa shape index (κ1) is 19.1. The summed E-state index contributed by atoms with van der Waals surface area (Å²) in [5, 5.41) is 7.91. The van der Waals surface area contributed by atoms with Crippen LogP contribution in [0.2, 0.25) is 0 Å². The fraction of sp³-hybridized carbons (Fsp3) is 0.263. The minimum absolute atomic E-state index is 0.0183. The van der Waals surface area contributed by atoms with E-state index in [-0.39, 0.29) is 22.8 Å². The van der Waals surface area contributed by atoms with Crippen molar-refractivity contribution in [1.29, 1.82) is 0 Å². The zero-order valence-electron chi connectivity index (χ0n) is 15.1. The van der Waals surface area contributed by atoms with Gasteiger partial charge in [-0.05, 0) is 54.8 Å². The Balaban J connectivity index is 1.79. The maximum atomic E-state index is 12.9. The van der Waals surface area contributed by atoms with Gasteiger partial charge in [0.25, 0.3) is 5.91 Å². The summed E-state index contributed by atoms with van der Waals surface area (Å²) in [6.45, 7) is 1.86. The minimum atomic E-state index is -3.75. The number of nitrogens with one attached hydrogen (secondary N) is 1. The molecule has 0 bridgehead atoms. The van der Waals surface area contributed by atoms with Crippen LogP contribution < -0.4 is 10.5 Å². The van der Waals surface area contributed by atoms with Gasteiger partial charge in [0.05, 0.1) is 10.9 Å². The Morgan fingerprint density at radius 1 is 1.15 bits per heavy atom. The summed E-state index contributed by atoms with van der Waals surface area (Å²) in [7, 11) is -2.05. The van der Waals surface area contributed by atoms with Crippen molar-refractivity contribution in [3.63, 3.8) is 0 Å². The number of carbonyl (C=O) groups is 2. The van der Waals surface area contributed by atoms with Crippen molar-refractivity contribution in [3.05, 3.63) is 59.2 Å². The van der Waals surface area contributed by atoms with Crippen molar-refractivity contribution in [3.8, 4) is 0 Å². The number of rotatable bonds is 4. The van der Waals surface area contributed by atoms with Crippen LogP contribution in [0.25, 0.3) is 0 Å². The molecule has 2 aromatic rings. The van der Waals surface area contributed by atoms with Gasteiger partial charge in [-0.1, -0.05) is 12.1 Å². The van der Waals surface area contributed by atoms with Crippen LogP contribution >= 0.6 is 0 Å². The van der Waals surface area contributed by atoms with Gasteiger partial charge in [0.2, 0.25) is 15.9 Å². The van der Waals surface area contributed by atoms with Crippen LogP contribution in [0.3, 0.4) is 0 Å². The standard InChI is InChI=1S/C19H21N3O4S/c1-12(13-3-7-16(8-4-13)27(20,25)26)22(2)19(24)15-5-9-17-14(11-15)6-10-18(23)21-17/h3-5,7-9,11-12H,6,10H2,1-2H3,(H,21,23)(H2,20,25,26). The van der Waals surface area contributed by atoms with E-state index in [0.29, 0.717) is 18.4 Å². The quantitative estimate of drug-likeness (QED) is 0.836. The average molecular weight is 387 g/mol. The van der Waals surface area contributed by atoms with Crippen LogP contribution in [0.15, 0.2) is 47.4 Å². The Morgan fingerprint density at radius 3 is 2.44 bits per heavy atom. The number of hydrogen-bond acceptors (Lipinski definition) is 4. The second kappa shape index (κ2) is 7.13. The number of aryl methyl sites for hydroxylation is 1. The predicted molar refractivity (Wildman–Crippen MR) is 102 cm³/mol. The molecule has 3 rings (SSSR count). The highest BCUT2D eigenvalue weighted by Gasteiger charge is 2.22. The van der Waals surface area contributed by atoms with Gasteiger partial charge in [-0.3, -0.25) is 9.59 Å². The van der Waals surface area contributed by atoms with Gasteiger partial charge in [0.1, 0.15) is 0 Å². The van der Waals surface area contributed by atoms with Crippen LogP contribution in [0.4, 0.5) is 5.69 Å². The first-order valence-electron chi connectivity index (χ1n) is 8.49. The third kappa shape index (κ3) is 4.01. The normalized spacial score (nSPS) is 14.9. The van der Waals surface area contributed by atoms with E-state index in [0.717, 1.165) is 16.8 Å². The van der Waals surface area contributed by atoms with Gasteiger partial charge in [0, 0.05) is 24.7 Å². The largest absolute Gasteiger partial charge is 0.335 e.